The molecule has 0 aromatic heterocycles. The molecule has 1 fully saturated rings. The highest BCUT2D eigenvalue weighted by Crippen LogP contribution is 2.13. The number of sulfonamides is 1. The molecule has 0 spiro atoms. The Morgan fingerprint density at radius 1 is 1.30 bits per heavy atom. The third-order valence-electron chi connectivity index (χ3n) is 2.37. The van der Waals surface area contributed by atoms with E-state index < -0.39 is 40.9 Å². The SMILES string of the molecule is O=C(CCS(=O)(=O)N1CCOCC1)NOCC(F)(F)F. The lowest BCUT2D eigenvalue weighted by Gasteiger charge is -2.25. The molecule has 0 unspecified atom stereocenters. The summed E-state index contributed by atoms with van der Waals surface area (Å²) >= 11 is 0. The first-order valence-electron chi connectivity index (χ1n) is 5.74. The molecule has 11 heteroatoms. The zero-order valence-electron chi connectivity index (χ0n) is 10.5. The molecular weight excluding hydrogens is 305 g/mol. The van der Waals surface area contributed by atoms with Crippen molar-refractivity contribution in [1.82, 2.24) is 9.79 Å². The molecule has 20 heavy (non-hydrogen) atoms. The van der Waals surface area contributed by atoms with Gasteiger partial charge < -0.3 is 4.74 Å². The number of amides is 1. The highest BCUT2D eigenvalue weighted by molar-refractivity contribution is 7.89. The minimum absolute atomic E-state index is 0.203. The van der Waals surface area contributed by atoms with E-state index in [2.05, 4.69) is 4.84 Å². The fraction of sp³-hybridized carbons (Fsp3) is 0.889. The predicted molar refractivity (Wildman–Crippen MR) is 60.9 cm³/mol. The largest absolute Gasteiger partial charge is 0.414 e. The van der Waals surface area contributed by atoms with Crippen molar-refractivity contribution in [2.75, 3.05) is 38.7 Å². The number of carbonyl (C=O) groups is 1. The summed E-state index contributed by atoms with van der Waals surface area (Å²) < 4.78 is 65.0. The monoisotopic (exact) mass is 320 g/mol. The lowest BCUT2D eigenvalue weighted by atomic mass is 10.5. The maximum Gasteiger partial charge on any atom is 0.414 e. The van der Waals surface area contributed by atoms with Crippen molar-refractivity contribution in [3.63, 3.8) is 0 Å². The van der Waals surface area contributed by atoms with Gasteiger partial charge in [0.15, 0.2) is 6.61 Å². The van der Waals surface area contributed by atoms with E-state index in [0.29, 0.717) is 0 Å². The normalized spacial score (nSPS) is 17.9. The number of hydrogen-bond acceptors (Lipinski definition) is 5. The summed E-state index contributed by atoms with van der Waals surface area (Å²) in [5, 5.41) is 0. The quantitative estimate of drug-likeness (QED) is 0.676. The summed E-state index contributed by atoms with van der Waals surface area (Å²) in [6.07, 6.45) is -5.04. The smallest absolute Gasteiger partial charge is 0.379 e. The third kappa shape index (κ3) is 6.50. The molecule has 0 aliphatic carbocycles. The van der Waals surface area contributed by atoms with Crippen molar-refractivity contribution >= 4 is 15.9 Å². The Morgan fingerprint density at radius 2 is 1.90 bits per heavy atom. The van der Waals surface area contributed by atoms with Crippen molar-refractivity contribution in [3.8, 4) is 0 Å². The van der Waals surface area contributed by atoms with Crippen LogP contribution in [-0.4, -0.2) is 63.5 Å². The molecule has 1 rings (SSSR count). The van der Waals surface area contributed by atoms with Crippen molar-refractivity contribution < 1.29 is 36.0 Å². The van der Waals surface area contributed by atoms with E-state index in [1.807, 2.05) is 0 Å². The number of ether oxygens (including phenoxy) is 1. The standard InChI is InChI=1S/C9H15F3N2O5S/c10-9(11,12)7-19-13-8(15)1-6-20(16,17)14-2-4-18-5-3-14/h1-7H2,(H,13,15). The fourth-order valence-electron chi connectivity index (χ4n) is 1.42. The van der Waals surface area contributed by atoms with Crippen molar-refractivity contribution in [2.24, 2.45) is 0 Å². The molecule has 0 atom stereocenters. The number of alkyl halides is 3. The van der Waals surface area contributed by atoms with Crippen molar-refractivity contribution in [2.45, 2.75) is 12.6 Å². The topological polar surface area (TPSA) is 84.9 Å². The van der Waals surface area contributed by atoms with Crippen LogP contribution in [0.25, 0.3) is 0 Å². The van der Waals surface area contributed by atoms with E-state index in [0.717, 1.165) is 0 Å². The Labute approximate surface area is 114 Å². The molecule has 0 aromatic carbocycles. The van der Waals surface area contributed by atoms with Crippen molar-refractivity contribution in [1.29, 1.82) is 0 Å². The highest BCUT2D eigenvalue weighted by atomic mass is 32.2. The third-order valence-corrected chi connectivity index (χ3v) is 4.24. The second-order valence-electron chi connectivity index (χ2n) is 4.01. The number of nitrogens with one attached hydrogen (secondary N) is 1. The second kappa shape index (κ2) is 7.20. The van der Waals surface area contributed by atoms with Gasteiger partial charge in [0, 0.05) is 19.5 Å². The first-order valence-corrected chi connectivity index (χ1v) is 7.34. The lowest BCUT2D eigenvalue weighted by Crippen LogP contribution is -2.42. The first-order chi connectivity index (χ1) is 9.21. The molecule has 0 saturated carbocycles. The molecule has 0 bridgehead atoms. The average Bonchev–Trinajstić information content (AvgIpc) is 2.36. The number of morpholine rings is 1. The van der Waals surface area contributed by atoms with Crippen LogP contribution in [0.5, 0.6) is 0 Å². The Bertz CT molecular complexity index is 420. The van der Waals surface area contributed by atoms with Gasteiger partial charge in [0.2, 0.25) is 15.9 Å². The summed E-state index contributed by atoms with van der Waals surface area (Å²) in [5.74, 6) is -1.42. The number of rotatable bonds is 6. The van der Waals surface area contributed by atoms with E-state index in [1.54, 1.807) is 5.48 Å². The maximum atomic E-state index is 11.8. The summed E-state index contributed by atoms with van der Waals surface area (Å²) in [4.78, 5) is 15.1. The minimum atomic E-state index is -4.56. The van der Waals surface area contributed by atoms with Crippen LogP contribution in [0.15, 0.2) is 0 Å². The van der Waals surface area contributed by atoms with Gasteiger partial charge in [0.05, 0.1) is 19.0 Å². The summed E-state index contributed by atoms with van der Waals surface area (Å²) in [6, 6.07) is 0. The molecule has 7 nitrogen and oxygen atoms in total. The highest BCUT2D eigenvalue weighted by Gasteiger charge is 2.29. The van der Waals surface area contributed by atoms with Gasteiger partial charge >= 0.3 is 6.18 Å². The second-order valence-corrected chi connectivity index (χ2v) is 6.09. The van der Waals surface area contributed by atoms with Crippen LogP contribution in [0.4, 0.5) is 13.2 Å². The van der Waals surface area contributed by atoms with Gasteiger partial charge in [0.25, 0.3) is 0 Å². The number of carbonyl (C=O) groups excluding carboxylic acids is 1. The number of nitrogens with zero attached hydrogens (tertiary/aromatic N) is 1. The van der Waals surface area contributed by atoms with Crippen LogP contribution >= 0.6 is 0 Å². The number of hydroxylamine groups is 1. The zero-order valence-corrected chi connectivity index (χ0v) is 11.3. The van der Waals surface area contributed by atoms with Crippen molar-refractivity contribution in [3.05, 3.63) is 0 Å². The van der Waals surface area contributed by atoms with Gasteiger partial charge in [0.1, 0.15) is 0 Å². The molecule has 1 amide bonds. The molecule has 1 heterocycles. The maximum absolute atomic E-state index is 11.8. The molecule has 1 aliphatic rings. The Morgan fingerprint density at radius 3 is 2.45 bits per heavy atom. The van der Waals surface area contributed by atoms with Gasteiger partial charge in [-0.3, -0.25) is 9.63 Å². The molecule has 0 radical (unpaired) electrons. The first kappa shape index (κ1) is 17.1. The summed E-state index contributed by atoms with van der Waals surface area (Å²) in [5.41, 5.74) is 1.55. The number of halogens is 3. The van der Waals surface area contributed by atoms with Gasteiger partial charge in [-0.25, -0.2) is 13.9 Å². The predicted octanol–water partition coefficient (Wildman–Crippen LogP) is -0.351. The zero-order chi connectivity index (χ0) is 15.2. The van der Waals surface area contributed by atoms with E-state index >= 15 is 0 Å². The molecular formula is C9H15F3N2O5S. The van der Waals surface area contributed by atoms with Gasteiger partial charge in [-0.15, -0.1) is 0 Å². The van der Waals surface area contributed by atoms with E-state index in [4.69, 9.17) is 4.74 Å². The van der Waals surface area contributed by atoms with E-state index in [9.17, 15) is 26.4 Å². The Kier molecular flexibility index (Phi) is 6.17. The minimum Gasteiger partial charge on any atom is -0.379 e. The van der Waals surface area contributed by atoms with Gasteiger partial charge in [-0.1, -0.05) is 0 Å². The molecule has 1 saturated heterocycles. The lowest BCUT2D eigenvalue weighted by molar-refractivity contribution is -0.191. The molecule has 118 valence electrons. The summed E-state index contributed by atoms with van der Waals surface area (Å²) in [6.45, 7) is -0.668. The average molecular weight is 320 g/mol. The van der Waals surface area contributed by atoms with Crippen LogP contribution in [0, 0.1) is 0 Å². The van der Waals surface area contributed by atoms with Crippen LogP contribution < -0.4 is 5.48 Å². The van der Waals surface area contributed by atoms with Gasteiger partial charge in [-0.05, 0) is 0 Å². The van der Waals surface area contributed by atoms with E-state index in [1.165, 1.54) is 4.31 Å². The molecule has 1 N–H and O–H groups in total. The van der Waals surface area contributed by atoms with Crippen LogP contribution in [0.3, 0.4) is 0 Å². The molecule has 0 aromatic rings. The number of hydrogen-bond donors (Lipinski definition) is 1. The van der Waals surface area contributed by atoms with Gasteiger partial charge in [-0.2, -0.15) is 17.5 Å². The molecule has 1 aliphatic heterocycles. The fourth-order valence-corrected chi connectivity index (χ4v) is 2.83. The van der Waals surface area contributed by atoms with Crippen LogP contribution in [0.1, 0.15) is 6.42 Å². The van der Waals surface area contributed by atoms with Crippen LogP contribution in [0.2, 0.25) is 0 Å². The summed E-state index contributed by atoms with van der Waals surface area (Å²) in [7, 11) is -3.62. The Hall–Kier alpha value is -0.910. The van der Waals surface area contributed by atoms with E-state index in [-0.39, 0.29) is 26.3 Å². The van der Waals surface area contributed by atoms with Crippen LogP contribution in [-0.2, 0) is 24.4 Å². The Balaban J connectivity index is 2.29.